The minimum Gasteiger partial charge on any atom is -0.450 e. The number of amides is 1. The number of carbonyl (C=O) groups excluding carboxylic acids is 1. The Hall–Kier alpha value is -1.70. The van der Waals surface area contributed by atoms with Crippen molar-refractivity contribution < 1.29 is 13.9 Å². The highest BCUT2D eigenvalue weighted by Crippen LogP contribution is 2.25. The molecule has 6 nitrogen and oxygen atoms in total. The van der Waals surface area contributed by atoms with Gasteiger partial charge >= 0.3 is 6.09 Å². The highest BCUT2D eigenvalue weighted by atomic mass is 19.1. The van der Waals surface area contributed by atoms with Gasteiger partial charge in [0.2, 0.25) is 0 Å². The van der Waals surface area contributed by atoms with Gasteiger partial charge < -0.3 is 9.64 Å². The van der Waals surface area contributed by atoms with Gasteiger partial charge in [-0.3, -0.25) is 14.7 Å². The Balaban J connectivity index is 1.64. The van der Waals surface area contributed by atoms with Crippen molar-refractivity contribution in [2.75, 3.05) is 65.5 Å². The number of halogens is 1. The number of hydrogen-bond donors (Lipinski definition) is 0. The minimum atomic E-state index is -0.216. The molecule has 0 radical (unpaired) electrons. The van der Waals surface area contributed by atoms with Crippen molar-refractivity contribution >= 4 is 6.09 Å². The molecule has 162 valence electrons. The number of carbonyl (C=O) groups is 1. The third-order valence-electron chi connectivity index (χ3n) is 6.10. The van der Waals surface area contributed by atoms with E-state index < -0.39 is 0 Å². The van der Waals surface area contributed by atoms with E-state index in [1.807, 2.05) is 19.1 Å². The van der Waals surface area contributed by atoms with Crippen molar-refractivity contribution in [2.45, 2.75) is 32.9 Å². The quantitative estimate of drug-likeness (QED) is 0.726. The fourth-order valence-corrected chi connectivity index (χ4v) is 4.25. The lowest BCUT2D eigenvalue weighted by atomic mass is 10.0. The molecule has 0 saturated carbocycles. The Morgan fingerprint density at radius 3 is 2.10 bits per heavy atom. The third kappa shape index (κ3) is 5.90. The average Bonchev–Trinajstić information content (AvgIpc) is 2.73. The summed E-state index contributed by atoms with van der Waals surface area (Å²) in [6, 6.07) is 7.76. The number of hydrogen-bond acceptors (Lipinski definition) is 5. The lowest BCUT2D eigenvalue weighted by molar-refractivity contribution is 0.0438. The zero-order valence-corrected chi connectivity index (χ0v) is 18.0. The Kier molecular flexibility index (Phi) is 7.86. The summed E-state index contributed by atoms with van der Waals surface area (Å²) in [5, 5.41) is 0. The van der Waals surface area contributed by atoms with Crippen LogP contribution in [0, 0.1) is 5.82 Å². The average molecular weight is 407 g/mol. The van der Waals surface area contributed by atoms with Crippen LogP contribution < -0.4 is 0 Å². The first-order valence-electron chi connectivity index (χ1n) is 10.9. The van der Waals surface area contributed by atoms with Crippen LogP contribution in [0.3, 0.4) is 0 Å². The van der Waals surface area contributed by atoms with Crippen molar-refractivity contribution in [3.8, 4) is 0 Å². The van der Waals surface area contributed by atoms with E-state index in [1.54, 1.807) is 17.0 Å². The van der Waals surface area contributed by atoms with E-state index >= 15 is 0 Å². The van der Waals surface area contributed by atoms with Crippen LogP contribution in [0.1, 0.15) is 32.4 Å². The number of piperazine rings is 2. The molecule has 2 aliphatic heterocycles. The van der Waals surface area contributed by atoms with Crippen LogP contribution in [-0.4, -0.2) is 97.2 Å². The molecule has 3 rings (SSSR count). The van der Waals surface area contributed by atoms with Gasteiger partial charge in [-0.05, 0) is 38.5 Å². The molecule has 29 heavy (non-hydrogen) atoms. The van der Waals surface area contributed by atoms with E-state index in [0.717, 1.165) is 51.4 Å². The Bertz CT molecular complexity index is 639. The molecule has 1 atom stereocenters. The van der Waals surface area contributed by atoms with Gasteiger partial charge in [-0.15, -0.1) is 0 Å². The summed E-state index contributed by atoms with van der Waals surface area (Å²) >= 11 is 0. The fraction of sp³-hybridized carbons (Fsp3) is 0.682. The van der Waals surface area contributed by atoms with Crippen molar-refractivity contribution in [3.05, 3.63) is 35.6 Å². The first-order chi connectivity index (χ1) is 14.0. The second-order valence-electron chi connectivity index (χ2n) is 8.22. The van der Waals surface area contributed by atoms with Gasteiger partial charge in [-0.25, -0.2) is 9.18 Å². The second-order valence-corrected chi connectivity index (χ2v) is 8.22. The van der Waals surface area contributed by atoms with Crippen LogP contribution in [0.15, 0.2) is 24.3 Å². The van der Waals surface area contributed by atoms with Crippen LogP contribution >= 0.6 is 0 Å². The lowest BCUT2D eigenvalue weighted by Crippen LogP contribution is -2.54. The molecule has 7 heteroatoms. The topological polar surface area (TPSA) is 39.3 Å². The maximum atomic E-state index is 13.5. The minimum absolute atomic E-state index is 0.194. The molecular weight excluding hydrogens is 371 g/mol. The van der Waals surface area contributed by atoms with Gasteiger partial charge in [0.25, 0.3) is 0 Å². The summed E-state index contributed by atoms with van der Waals surface area (Å²) in [4.78, 5) is 21.2. The molecule has 0 N–H and O–H groups in total. The molecule has 0 aliphatic carbocycles. The molecule has 1 amide bonds. The smallest absolute Gasteiger partial charge is 0.409 e. The lowest BCUT2D eigenvalue weighted by Gasteiger charge is -2.43. The molecule has 2 aliphatic rings. The second kappa shape index (κ2) is 10.4. The van der Waals surface area contributed by atoms with Crippen molar-refractivity contribution in [2.24, 2.45) is 0 Å². The van der Waals surface area contributed by atoms with E-state index in [-0.39, 0.29) is 18.0 Å². The summed E-state index contributed by atoms with van der Waals surface area (Å²) in [6.07, 6.45) is -0.216. The van der Waals surface area contributed by atoms with Crippen molar-refractivity contribution in [1.29, 1.82) is 0 Å². The molecule has 2 fully saturated rings. The standard InChI is InChI=1S/C22H35FN4O2/c1-4-29-22(28)27-11-9-24(10-12-27)17-21(19-5-7-20(23)8-6-19)26-15-13-25(14-16-26)18(2)3/h5-8,18,21H,4,9-17H2,1-3H3. The van der Waals surface area contributed by atoms with Crippen LogP contribution in [0.4, 0.5) is 9.18 Å². The van der Waals surface area contributed by atoms with Crippen LogP contribution in [0.2, 0.25) is 0 Å². The largest absolute Gasteiger partial charge is 0.450 e. The number of rotatable bonds is 6. The molecule has 0 bridgehead atoms. The molecule has 1 unspecified atom stereocenters. The molecule has 0 spiro atoms. The SMILES string of the molecule is CCOC(=O)N1CCN(CC(c2ccc(F)cc2)N2CCN(C(C)C)CC2)CC1. The Morgan fingerprint density at radius 2 is 1.55 bits per heavy atom. The van der Waals surface area contributed by atoms with E-state index in [4.69, 9.17) is 4.74 Å². The van der Waals surface area contributed by atoms with E-state index in [1.165, 1.54) is 0 Å². The molecule has 1 aromatic rings. The summed E-state index contributed by atoms with van der Waals surface area (Å²) in [5.41, 5.74) is 1.16. The van der Waals surface area contributed by atoms with E-state index in [9.17, 15) is 9.18 Å². The van der Waals surface area contributed by atoms with Crippen molar-refractivity contribution in [3.63, 3.8) is 0 Å². The fourth-order valence-electron chi connectivity index (χ4n) is 4.25. The van der Waals surface area contributed by atoms with Gasteiger partial charge in [0, 0.05) is 71.0 Å². The predicted molar refractivity (Wildman–Crippen MR) is 112 cm³/mol. The molecule has 2 heterocycles. The first-order valence-corrected chi connectivity index (χ1v) is 10.9. The van der Waals surface area contributed by atoms with E-state index in [2.05, 4.69) is 28.5 Å². The van der Waals surface area contributed by atoms with Gasteiger partial charge in [0.15, 0.2) is 0 Å². The van der Waals surface area contributed by atoms with Crippen LogP contribution in [0.25, 0.3) is 0 Å². The van der Waals surface area contributed by atoms with Crippen LogP contribution in [-0.2, 0) is 4.74 Å². The normalized spacial score (nSPS) is 20.8. The third-order valence-corrected chi connectivity index (χ3v) is 6.10. The maximum Gasteiger partial charge on any atom is 0.409 e. The maximum absolute atomic E-state index is 13.5. The first kappa shape index (κ1) is 22.0. The van der Waals surface area contributed by atoms with Gasteiger partial charge in [-0.2, -0.15) is 0 Å². The Labute approximate surface area is 174 Å². The van der Waals surface area contributed by atoms with E-state index in [0.29, 0.717) is 25.7 Å². The predicted octanol–water partition coefficient (Wildman–Crippen LogP) is 2.67. The zero-order chi connectivity index (χ0) is 20.8. The molecular formula is C22H35FN4O2. The summed E-state index contributed by atoms with van der Waals surface area (Å²) in [5.74, 6) is -0.194. The monoisotopic (exact) mass is 406 g/mol. The highest BCUT2D eigenvalue weighted by molar-refractivity contribution is 5.67. The van der Waals surface area contributed by atoms with Gasteiger partial charge in [0.1, 0.15) is 5.82 Å². The Morgan fingerprint density at radius 1 is 0.966 bits per heavy atom. The van der Waals surface area contributed by atoms with Crippen LogP contribution in [0.5, 0.6) is 0 Å². The summed E-state index contributed by atoms with van der Waals surface area (Å²) in [6.45, 7) is 14.8. The summed E-state index contributed by atoms with van der Waals surface area (Å²) < 4.78 is 18.6. The highest BCUT2D eigenvalue weighted by Gasteiger charge is 2.29. The molecule has 1 aromatic carbocycles. The molecule has 0 aromatic heterocycles. The van der Waals surface area contributed by atoms with Crippen molar-refractivity contribution in [1.82, 2.24) is 19.6 Å². The van der Waals surface area contributed by atoms with Gasteiger partial charge in [-0.1, -0.05) is 12.1 Å². The summed E-state index contributed by atoms with van der Waals surface area (Å²) in [7, 11) is 0. The van der Waals surface area contributed by atoms with Gasteiger partial charge in [0.05, 0.1) is 6.61 Å². The number of ether oxygens (including phenoxy) is 1. The zero-order valence-electron chi connectivity index (χ0n) is 18.0. The number of nitrogens with zero attached hydrogens (tertiary/aromatic N) is 4. The number of benzene rings is 1. The molecule has 2 saturated heterocycles.